The smallest absolute Gasteiger partial charge is 0.0975 e. The molecule has 0 radical (unpaired) electrons. The van der Waals surface area contributed by atoms with Crippen LogP contribution in [-0.4, -0.2) is 20.9 Å². The van der Waals surface area contributed by atoms with Crippen LogP contribution in [0.3, 0.4) is 0 Å². The zero-order valence-corrected chi connectivity index (χ0v) is 11.8. The Morgan fingerprint density at radius 1 is 1.38 bits per heavy atom. The van der Waals surface area contributed by atoms with E-state index in [1.807, 2.05) is 24.3 Å². The lowest BCUT2D eigenvalue weighted by molar-refractivity contribution is 0.0540. The van der Waals surface area contributed by atoms with Gasteiger partial charge in [0, 0.05) is 16.8 Å². The SMILES string of the molecule is OC(CBr)(Cc1ccccc1Cl)C1(Cl)CC1. The highest BCUT2D eigenvalue weighted by atomic mass is 79.9. The molecule has 1 nitrogen and oxygen atoms in total. The van der Waals surface area contributed by atoms with Crippen LogP contribution in [0.25, 0.3) is 0 Å². The van der Waals surface area contributed by atoms with Gasteiger partial charge < -0.3 is 5.11 Å². The largest absolute Gasteiger partial charge is 0.387 e. The second-order valence-electron chi connectivity index (χ2n) is 4.40. The molecule has 1 aromatic carbocycles. The van der Waals surface area contributed by atoms with Crippen molar-refractivity contribution >= 4 is 39.1 Å². The maximum absolute atomic E-state index is 10.6. The van der Waals surface area contributed by atoms with Gasteiger partial charge in [0.15, 0.2) is 0 Å². The molecule has 0 aromatic heterocycles. The van der Waals surface area contributed by atoms with Crippen LogP contribution in [-0.2, 0) is 6.42 Å². The first kappa shape index (κ1) is 12.7. The highest BCUT2D eigenvalue weighted by Crippen LogP contribution is 2.53. The van der Waals surface area contributed by atoms with Gasteiger partial charge in [-0.15, -0.1) is 11.6 Å². The van der Waals surface area contributed by atoms with E-state index in [-0.39, 0.29) is 0 Å². The zero-order chi connectivity index (χ0) is 11.8. The van der Waals surface area contributed by atoms with Gasteiger partial charge in [-0.2, -0.15) is 0 Å². The minimum absolute atomic E-state index is 0.467. The number of hydrogen-bond acceptors (Lipinski definition) is 1. The summed E-state index contributed by atoms with van der Waals surface area (Å²) in [5, 5.41) is 11.7. The first-order chi connectivity index (χ1) is 7.51. The van der Waals surface area contributed by atoms with Crippen molar-refractivity contribution in [2.24, 2.45) is 0 Å². The van der Waals surface area contributed by atoms with Crippen LogP contribution in [0.1, 0.15) is 18.4 Å². The molecule has 1 unspecified atom stereocenters. The van der Waals surface area contributed by atoms with Crippen molar-refractivity contribution < 1.29 is 5.11 Å². The van der Waals surface area contributed by atoms with Crippen molar-refractivity contribution in [2.75, 3.05) is 5.33 Å². The number of aliphatic hydroxyl groups is 1. The van der Waals surface area contributed by atoms with Gasteiger partial charge in [-0.3, -0.25) is 0 Å². The molecular weight excluding hydrogens is 311 g/mol. The van der Waals surface area contributed by atoms with E-state index in [0.717, 1.165) is 18.4 Å². The number of benzene rings is 1. The first-order valence-corrected chi connectivity index (χ1v) is 7.09. The molecule has 4 heteroatoms. The first-order valence-electron chi connectivity index (χ1n) is 5.21. The van der Waals surface area contributed by atoms with Gasteiger partial charge in [0.1, 0.15) is 0 Å². The molecule has 16 heavy (non-hydrogen) atoms. The summed E-state index contributed by atoms with van der Waals surface area (Å²) in [6.45, 7) is 0. The van der Waals surface area contributed by atoms with Crippen molar-refractivity contribution in [1.82, 2.24) is 0 Å². The van der Waals surface area contributed by atoms with Gasteiger partial charge in [0.25, 0.3) is 0 Å². The third kappa shape index (κ3) is 2.26. The third-order valence-corrected chi connectivity index (χ3v) is 5.21. The Morgan fingerprint density at radius 2 is 2.00 bits per heavy atom. The van der Waals surface area contributed by atoms with Crippen molar-refractivity contribution in [1.29, 1.82) is 0 Å². The predicted molar refractivity (Wildman–Crippen MR) is 71.7 cm³/mol. The van der Waals surface area contributed by atoms with Gasteiger partial charge in [-0.05, 0) is 24.5 Å². The van der Waals surface area contributed by atoms with Gasteiger partial charge in [0.2, 0.25) is 0 Å². The zero-order valence-electron chi connectivity index (χ0n) is 8.72. The Morgan fingerprint density at radius 3 is 2.50 bits per heavy atom. The van der Waals surface area contributed by atoms with E-state index >= 15 is 0 Å². The lowest BCUT2D eigenvalue weighted by Gasteiger charge is -2.31. The average molecular weight is 324 g/mol. The van der Waals surface area contributed by atoms with Crippen LogP contribution in [0.15, 0.2) is 24.3 Å². The Hall–Kier alpha value is 0.240. The standard InChI is InChI=1S/C12H13BrCl2O/c13-8-12(16,11(15)5-6-11)7-9-3-1-2-4-10(9)14/h1-4,16H,5-8H2. The van der Waals surface area contributed by atoms with E-state index in [4.69, 9.17) is 23.2 Å². The Bertz CT molecular complexity index is 392. The summed E-state index contributed by atoms with van der Waals surface area (Å²) in [6.07, 6.45) is 2.21. The molecule has 0 saturated heterocycles. The highest BCUT2D eigenvalue weighted by Gasteiger charge is 2.57. The number of hydrogen-bond donors (Lipinski definition) is 1. The molecule has 2 rings (SSSR count). The molecular formula is C12H13BrCl2O. The molecule has 0 heterocycles. The van der Waals surface area contributed by atoms with Gasteiger partial charge in [-0.25, -0.2) is 0 Å². The number of rotatable bonds is 4. The van der Waals surface area contributed by atoms with Gasteiger partial charge in [0.05, 0.1) is 10.5 Å². The van der Waals surface area contributed by atoms with Crippen LogP contribution in [0.5, 0.6) is 0 Å². The number of alkyl halides is 2. The fourth-order valence-corrected chi connectivity index (χ4v) is 3.18. The summed E-state index contributed by atoms with van der Waals surface area (Å²) < 4.78 is 0. The maximum atomic E-state index is 10.6. The molecule has 0 aliphatic heterocycles. The van der Waals surface area contributed by atoms with Crippen molar-refractivity contribution in [3.8, 4) is 0 Å². The molecule has 0 bridgehead atoms. The normalized spacial score (nSPS) is 21.5. The quantitative estimate of drug-likeness (QED) is 0.836. The van der Waals surface area contributed by atoms with Crippen LogP contribution < -0.4 is 0 Å². The fourth-order valence-electron chi connectivity index (χ4n) is 1.86. The minimum Gasteiger partial charge on any atom is -0.387 e. The van der Waals surface area contributed by atoms with E-state index in [2.05, 4.69) is 15.9 Å². The average Bonchev–Trinajstić information content (AvgIpc) is 3.01. The lowest BCUT2D eigenvalue weighted by Crippen LogP contribution is -2.45. The summed E-state index contributed by atoms with van der Waals surface area (Å²) in [6, 6.07) is 7.56. The van der Waals surface area contributed by atoms with Crippen LogP contribution in [0, 0.1) is 0 Å². The third-order valence-electron chi connectivity index (χ3n) is 3.18. The Balaban J connectivity index is 2.22. The molecule has 1 saturated carbocycles. The monoisotopic (exact) mass is 322 g/mol. The Labute approximate surface area is 114 Å². The molecule has 1 fully saturated rings. The molecule has 1 aromatic rings. The topological polar surface area (TPSA) is 20.2 Å². The molecule has 88 valence electrons. The highest BCUT2D eigenvalue weighted by molar-refractivity contribution is 9.09. The van der Waals surface area contributed by atoms with Crippen LogP contribution >= 0.6 is 39.1 Å². The van der Waals surface area contributed by atoms with E-state index < -0.39 is 10.5 Å². The lowest BCUT2D eigenvalue weighted by atomic mass is 9.91. The molecule has 0 amide bonds. The summed E-state index contributed by atoms with van der Waals surface area (Å²) in [7, 11) is 0. The molecule has 1 aliphatic carbocycles. The molecule has 1 atom stereocenters. The van der Waals surface area contributed by atoms with Crippen LogP contribution in [0.2, 0.25) is 5.02 Å². The summed E-state index contributed by atoms with van der Waals surface area (Å²) in [4.78, 5) is -0.477. The Kier molecular flexibility index (Phi) is 3.56. The summed E-state index contributed by atoms with van der Waals surface area (Å²) in [5.74, 6) is 0. The maximum Gasteiger partial charge on any atom is 0.0975 e. The second kappa shape index (κ2) is 4.49. The van der Waals surface area contributed by atoms with Crippen LogP contribution in [0.4, 0.5) is 0 Å². The van der Waals surface area contributed by atoms with Gasteiger partial charge in [-0.1, -0.05) is 45.7 Å². The fraction of sp³-hybridized carbons (Fsp3) is 0.500. The molecule has 1 aliphatic rings. The number of halogens is 3. The minimum atomic E-state index is -0.917. The summed E-state index contributed by atoms with van der Waals surface area (Å²) in [5.41, 5.74) is 0.0255. The van der Waals surface area contributed by atoms with Gasteiger partial charge >= 0.3 is 0 Å². The van der Waals surface area contributed by atoms with E-state index in [1.54, 1.807) is 0 Å². The predicted octanol–water partition coefficient (Wildman–Crippen LogP) is 3.78. The van der Waals surface area contributed by atoms with Crippen molar-refractivity contribution in [2.45, 2.75) is 29.7 Å². The molecule has 1 N–H and O–H groups in total. The van der Waals surface area contributed by atoms with Crippen molar-refractivity contribution in [3.63, 3.8) is 0 Å². The van der Waals surface area contributed by atoms with E-state index in [9.17, 15) is 5.11 Å². The molecule has 0 spiro atoms. The van der Waals surface area contributed by atoms with E-state index in [0.29, 0.717) is 16.8 Å². The summed E-state index contributed by atoms with van der Waals surface area (Å²) >= 11 is 15.8. The van der Waals surface area contributed by atoms with Crippen molar-refractivity contribution in [3.05, 3.63) is 34.9 Å². The van der Waals surface area contributed by atoms with E-state index in [1.165, 1.54) is 0 Å². The second-order valence-corrected chi connectivity index (χ2v) is 6.09.